The second kappa shape index (κ2) is 24.5. The summed E-state index contributed by atoms with van der Waals surface area (Å²) >= 11 is 0. The first-order valence-corrected chi connectivity index (χ1v) is 13.5. The Labute approximate surface area is 209 Å². The third-order valence-corrected chi connectivity index (χ3v) is 5.68. The topological polar surface area (TPSA) is 70.1 Å². The van der Waals surface area contributed by atoms with Crippen molar-refractivity contribution in [3.63, 3.8) is 0 Å². The predicted octanol–water partition coefficient (Wildman–Crippen LogP) is 5.51. The molecule has 0 aliphatic heterocycles. The maximum absolute atomic E-state index is 12.2. The number of esters is 1. The van der Waals surface area contributed by atoms with Gasteiger partial charge in [-0.25, -0.2) is 0 Å². The third kappa shape index (κ3) is 22.1. The number of hydrogen-bond acceptors (Lipinski definition) is 5. The van der Waals surface area contributed by atoms with Gasteiger partial charge in [0.2, 0.25) is 5.91 Å². The minimum absolute atomic E-state index is 0.115. The minimum atomic E-state index is -0.211. The van der Waals surface area contributed by atoms with Crippen LogP contribution in [0.25, 0.3) is 0 Å². The van der Waals surface area contributed by atoms with Gasteiger partial charge in [0.15, 0.2) is 0 Å². The zero-order valence-electron chi connectivity index (χ0n) is 22.3. The Morgan fingerprint density at radius 1 is 0.794 bits per heavy atom. The zero-order chi connectivity index (χ0) is 25.3. The van der Waals surface area contributed by atoms with Crippen LogP contribution >= 0.6 is 0 Å². The largest absolute Gasteiger partial charge is 0.464 e. The lowest BCUT2D eigenvalue weighted by Crippen LogP contribution is -2.35. The molecule has 6 nitrogen and oxygen atoms in total. The molecule has 0 saturated heterocycles. The highest BCUT2D eigenvalue weighted by atomic mass is 16.5. The number of allylic oxidation sites excluding steroid dienone is 2. The molecular weight excluding hydrogens is 428 g/mol. The highest BCUT2D eigenvalue weighted by molar-refractivity contribution is 5.87. The fraction of sp³-hybridized carbons (Fsp3) is 0.786. The molecule has 0 aromatic carbocycles. The van der Waals surface area contributed by atoms with E-state index in [9.17, 15) is 14.7 Å². The van der Waals surface area contributed by atoms with Crippen LogP contribution in [0.1, 0.15) is 96.8 Å². The number of aliphatic hydroxyl groups excluding tert-OH is 1. The summed E-state index contributed by atoms with van der Waals surface area (Å²) in [6.45, 7) is 3.50. The first-order valence-electron chi connectivity index (χ1n) is 13.5. The average Bonchev–Trinajstić information content (AvgIpc) is 2.80. The second-order valence-electron chi connectivity index (χ2n) is 9.27. The molecular formula is C28H52N2O4. The van der Waals surface area contributed by atoms with Gasteiger partial charge in [0.25, 0.3) is 0 Å². The van der Waals surface area contributed by atoms with Crippen molar-refractivity contribution in [2.24, 2.45) is 0 Å². The molecule has 0 aromatic rings. The van der Waals surface area contributed by atoms with E-state index in [1.165, 1.54) is 68.8 Å². The van der Waals surface area contributed by atoms with Crippen molar-refractivity contribution in [1.29, 1.82) is 0 Å². The Hall–Kier alpha value is -1.66. The molecule has 0 spiro atoms. The van der Waals surface area contributed by atoms with Gasteiger partial charge in [0, 0.05) is 25.6 Å². The smallest absolute Gasteiger partial charge is 0.305 e. The van der Waals surface area contributed by atoms with Crippen LogP contribution in [0, 0.1) is 0 Å². The van der Waals surface area contributed by atoms with E-state index in [0.717, 1.165) is 25.7 Å². The number of nitrogens with zero attached hydrogens (tertiary/aromatic N) is 2. The van der Waals surface area contributed by atoms with Crippen LogP contribution in [0.5, 0.6) is 0 Å². The van der Waals surface area contributed by atoms with E-state index in [1.54, 1.807) is 6.08 Å². The molecule has 1 amide bonds. The van der Waals surface area contributed by atoms with Crippen molar-refractivity contribution in [2.45, 2.75) is 96.8 Å². The first kappa shape index (κ1) is 32.3. The van der Waals surface area contributed by atoms with Gasteiger partial charge in [-0.05, 0) is 46.2 Å². The fourth-order valence-corrected chi connectivity index (χ4v) is 3.60. The summed E-state index contributed by atoms with van der Waals surface area (Å²) in [6, 6.07) is 0. The van der Waals surface area contributed by atoms with Gasteiger partial charge in [-0.15, -0.1) is 0 Å². The van der Waals surface area contributed by atoms with Crippen LogP contribution in [0.15, 0.2) is 24.3 Å². The van der Waals surface area contributed by atoms with Crippen LogP contribution < -0.4 is 0 Å². The number of rotatable bonds is 23. The van der Waals surface area contributed by atoms with Crippen molar-refractivity contribution >= 4 is 11.9 Å². The molecule has 0 aromatic heterocycles. The fourth-order valence-electron chi connectivity index (χ4n) is 3.60. The van der Waals surface area contributed by atoms with Gasteiger partial charge in [0.05, 0.1) is 13.2 Å². The summed E-state index contributed by atoms with van der Waals surface area (Å²) in [7, 11) is 3.85. The predicted molar refractivity (Wildman–Crippen MR) is 142 cm³/mol. The summed E-state index contributed by atoms with van der Waals surface area (Å²) in [5.41, 5.74) is 0. The SMILES string of the molecule is CCCCCCCC/C=C\CCCCCCCC(=O)OCCN(CCO)C(=O)/C=C/CN(C)C. The van der Waals surface area contributed by atoms with Gasteiger partial charge in [-0.1, -0.05) is 76.5 Å². The van der Waals surface area contributed by atoms with E-state index in [0.29, 0.717) is 19.5 Å². The molecule has 0 aliphatic carbocycles. The Balaban J connectivity index is 3.67. The summed E-state index contributed by atoms with van der Waals surface area (Å²) in [5.74, 6) is -0.388. The Kier molecular flexibility index (Phi) is 23.3. The van der Waals surface area contributed by atoms with Crippen molar-refractivity contribution in [2.75, 3.05) is 46.9 Å². The summed E-state index contributed by atoms with van der Waals surface area (Å²) < 4.78 is 5.27. The molecule has 0 aliphatic rings. The first-order chi connectivity index (χ1) is 16.5. The standard InChI is InChI=1S/C28H52N2O4/c1-4-5-6-7-8-9-10-11-12-13-14-15-16-17-18-21-28(33)34-26-24-30(23-25-31)27(32)20-19-22-29(2)3/h11-12,19-20,31H,4-10,13-18,21-26H2,1-3H3/b12-11-,20-19+. The maximum atomic E-state index is 12.2. The number of likely N-dealkylation sites (N-methyl/N-ethyl adjacent to an activating group) is 1. The molecule has 0 rings (SSSR count). The maximum Gasteiger partial charge on any atom is 0.305 e. The van der Waals surface area contributed by atoms with E-state index in [4.69, 9.17) is 4.74 Å². The number of amides is 1. The second-order valence-corrected chi connectivity index (χ2v) is 9.27. The van der Waals surface area contributed by atoms with Crippen LogP contribution in [0.4, 0.5) is 0 Å². The van der Waals surface area contributed by atoms with E-state index in [1.807, 2.05) is 19.0 Å². The summed E-state index contributed by atoms with van der Waals surface area (Å²) in [4.78, 5) is 27.6. The van der Waals surface area contributed by atoms with Gasteiger partial charge in [-0.3, -0.25) is 9.59 Å². The monoisotopic (exact) mass is 480 g/mol. The number of ether oxygens (including phenoxy) is 1. The van der Waals surface area contributed by atoms with E-state index in [2.05, 4.69) is 19.1 Å². The quantitative estimate of drug-likeness (QED) is 0.0904. The molecule has 0 unspecified atom stereocenters. The Bertz CT molecular complexity index is 547. The van der Waals surface area contributed by atoms with Crippen LogP contribution in [-0.4, -0.2) is 73.7 Å². The average molecular weight is 481 g/mol. The normalized spacial score (nSPS) is 11.7. The molecule has 0 radical (unpaired) electrons. The Morgan fingerprint density at radius 2 is 1.38 bits per heavy atom. The van der Waals surface area contributed by atoms with Gasteiger partial charge >= 0.3 is 5.97 Å². The van der Waals surface area contributed by atoms with Crippen molar-refractivity contribution in [3.8, 4) is 0 Å². The molecule has 0 heterocycles. The molecule has 0 fully saturated rings. The van der Waals surface area contributed by atoms with Crippen molar-refractivity contribution in [3.05, 3.63) is 24.3 Å². The molecule has 34 heavy (non-hydrogen) atoms. The zero-order valence-corrected chi connectivity index (χ0v) is 22.3. The van der Waals surface area contributed by atoms with Crippen molar-refractivity contribution < 1.29 is 19.4 Å². The van der Waals surface area contributed by atoms with E-state index < -0.39 is 0 Å². The van der Waals surface area contributed by atoms with Crippen LogP contribution in [0.2, 0.25) is 0 Å². The lowest BCUT2D eigenvalue weighted by molar-refractivity contribution is -0.145. The lowest BCUT2D eigenvalue weighted by Gasteiger charge is -2.20. The lowest BCUT2D eigenvalue weighted by atomic mass is 10.1. The Morgan fingerprint density at radius 3 is 1.97 bits per heavy atom. The number of hydrogen-bond donors (Lipinski definition) is 1. The molecule has 0 atom stereocenters. The molecule has 6 heteroatoms. The van der Waals surface area contributed by atoms with E-state index >= 15 is 0 Å². The molecule has 0 bridgehead atoms. The number of unbranched alkanes of at least 4 members (excludes halogenated alkanes) is 11. The van der Waals surface area contributed by atoms with Gasteiger partial charge < -0.3 is 19.6 Å². The highest BCUT2D eigenvalue weighted by Crippen LogP contribution is 2.10. The molecule has 0 saturated carbocycles. The third-order valence-electron chi connectivity index (χ3n) is 5.68. The molecule has 198 valence electrons. The van der Waals surface area contributed by atoms with Crippen LogP contribution in [0.3, 0.4) is 0 Å². The summed E-state index contributed by atoms with van der Waals surface area (Å²) in [6.07, 6.45) is 24.3. The number of aliphatic hydroxyl groups is 1. The van der Waals surface area contributed by atoms with Crippen LogP contribution in [-0.2, 0) is 14.3 Å². The van der Waals surface area contributed by atoms with Gasteiger partial charge in [-0.2, -0.15) is 0 Å². The summed E-state index contributed by atoms with van der Waals surface area (Å²) in [5, 5.41) is 9.17. The highest BCUT2D eigenvalue weighted by Gasteiger charge is 2.11. The number of carbonyl (C=O) groups excluding carboxylic acids is 2. The minimum Gasteiger partial charge on any atom is -0.464 e. The van der Waals surface area contributed by atoms with Crippen molar-refractivity contribution in [1.82, 2.24) is 9.80 Å². The van der Waals surface area contributed by atoms with Gasteiger partial charge in [0.1, 0.15) is 6.61 Å². The molecule has 1 N–H and O–H groups in total. The number of carbonyl (C=O) groups is 2. The van der Waals surface area contributed by atoms with E-state index in [-0.39, 0.29) is 31.6 Å².